The molecule has 67 heavy (non-hydrogen) atoms. The van der Waals surface area contributed by atoms with Gasteiger partial charge in [0, 0.05) is 53.4 Å². The second-order valence-corrected chi connectivity index (χ2v) is 21.3. The van der Waals surface area contributed by atoms with E-state index in [9.17, 15) is 35.4 Å². The highest BCUT2D eigenvalue weighted by molar-refractivity contribution is 5.73. The fourth-order valence-corrected chi connectivity index (χ4v) is 12.6. The minimum atomic E-state index is -1.15. The normalized spacial score (nSPS) is 29.0. The Labute approximate surface area is 399 Å². The molecular formula is C57H81N3O7. The first kappa shape index (κ1) is 50.4. The lowest BCUT2D eigenvalue weighted by atomic mass is 9.69. The Bertz CT molecular complexity index is 2210. The summed E-state index contributed by atoms with van der Waals surface area (Å²) in [7, 11) is 0. The van der Waals surface area contributed by atoms with Gasteiger partial charge >= 0.3 is 5.97 Å². The number of allylic oxidation sites excluding steroid dienone is 3. The number of aromatic hydroxyl groups is 2. The van der Waals surface area contributed by atoms with Gasteiger partial charge in [0.05, 0.1) is 29.5 Å². The maximum atomic E-state index is 13.2. The number of unbranched alkanes of at least 4 members (excludes halogenated alkanes) is 3. The number of carboxylic acid groups (broad SMARTS) is 1. The van der Waals surface area contributed by atoms with E-state index >= 15 is 0 Å². The van der Waals surface area contributed by atoms with Crippen molar-refractivity contribution in [3.8, 4) is 22.8 Å². The van der Waals surface area contributed by atoms with Crippen LogP contribution in [0.2, 0.25) is 0 Å². The topological polar surface area (TPSA) is 192 Å². The third-order valence-electron chi connectivity index (χ3n) is 16.3. The number of nitrogens with two attached hydrogens (primary N) is 1. The lowest BCUT2D eigenvalue weighted by Gasteiger charge is -2.40. The second-order valence-electron chi connectivity index (χ2n) is 21.3. The van der Waals surface area contributed by atoms with Gasteiger partial charge in [0.15, 0.2) is 0 Å². The van der Waals surface area contributed by atoms with E-state index in [4.69, 9.17) is 5.73 Å². The first-order valence-electron chi connectivity index (χ1n) is 25.9. The van der Waals surface area contributed by atoms with Crippen LogP contribution in [-0.2, 0) is 17.6 Å². The fraction of sp³-hybridized carbons (Fsp3) is 0.596. The zero-order valence-corrected chi connectivity index (χ0v) is 40.7. The summed E-state index contributed by atoms with van der Waals surface area (Å²) in [6.07, 6.45) is 20.8. The van der Waals surface area contributed by atoms with Crippen molar-refractivity contribution in [1.29, 1.82) is 0 Å². The summed E-state index contributed by atoms with van der Waals surface area (Å²) in [6, 6.07) is 13.8. The van der Waals surface area contributed by atoms with Crippen LogP contribution in [0.25, 0.3) is 11.3 Å². The van der Waals surface area contributed by atoms with Gasteiger partial charge < -0.3 is 46.7 Å². The van der Waals surface area contributed by atoms with E-state index in [-0.39, 0.29) is 53.6 Å². The van der Waals surface area contributed by atoms with Crippen LogP contribution in [0.15, 0.2) is 78.2 Å². The number of aliphatic hydroxyl groups excluding tert-OH is 2. The highest BCUT2D eigenvalue weighted by atomic mass is 16.4. The Morgan fingerprint density at radius 2 is 1.67 bits per heavy atom. The highest BCUT2D eigenvalue weighted by Crippen LogP contribution is 2.54. The summed E-state index contributed by atoms with van der Waals surface area (Å²) in [4.78, 5) is 17.0. The lowest BCUT2D eigenvalue weighted by Crippen LogP contribution is -2.42. The number of carboxylic acids is 1. The molecule has 0 saturated heterocycles. The molecule has 2 fully saturated rings. The van der Waals surface area contributed by atoms with Gasteiger partial charge in [-0.15, -0.1) is 0 Å². The number of carbonyl (C=O) groups is 1. The monoisotopic (exact) mass is 920 g/mol. The first-order chi connectivity index (χ1) is 32.2. The summed E-state index contributed by atoms with van der Waals surface area (Å²) in [5.41, 5.74) is 12.8. The van der Waals surface area contributed by atoms with E-state index in [0.29, 0.717) is 74.7 Å². The summed E-state index contributed by atoms with van der Waals surface area (Å²) in [5.74, 6) is -0.851. The SMILES string of the molecule is CCCCCC1C=CC(CCCCC2CCC(c3cc(CC)c(-c4cc(O)cc(O)c4Cc4ccc(C(C)C)cc4)[nH]3)C3CC(CC4=CCNC(N)=C4)CC3(O)CCC(O)C2C(=O)O)C(O)C1. The van der Waals surface area contributed by atoms with Gasteiger partial charge in [0.1, 0.15) is 11.5 Å². The van der Waals surface area contributed by atoms with Crippen LogP contribution < -0.4 is 11.1 Å². The number of nitrogens with one attached hydrogen (secondary N) is 2. The molecule has 1 aliphatic heterocycles. The van der Waals surface area contributed by atoms with E-state index in [2.05, 4.69) is 86.6 Å². The minimum absolute atomic E-state index is 0.0245. The number of aliphatic carboxylic acids is 1. The Hall–Kier alpha value is -4.51. The number of aromatic nitrogens is 1. The quantitative estimate of drug-likeness (QED) is 0.0441. The van der Waals surface area contributed by atoms with E-state index < -0.39 is 23.6 Å². The van der Waals surface area contributed by atoms with E-state index in [1.807, 2.05) is 6.08 Å². The molecule has 3 aliphatic carbocycles. The van der Waals surface area contributed by atoms with Crippen molar-refractivity contribution in [3.63, 3.8) is 0 Å². The van der Waals surface area contributed by atoms with Gasteiger partial charge in [-0.05, 0) is 147 Å². The predicted molar refractivity (Wildman–Crippen MR) is 268 cm³/mol. The van der Waals surface area contributed by atoms with Gasteiger partial charge in [0.2, 0.25) is 0 Å². The maximum absolute atomic E-state index is 13.2. The molecule has 4 aliphatic rings. The molecule has 2 heterocycles. The smallest absolute Gasteiger partial charge is 0.309 e. The number of H-pyrrole nitrogens is 1. The van der Waals surface area contributed by atoms with Crippen molar-refractivity contribution in [1.82, 2.24) is 10.3 Å². The number of aryl methyl sites for hydroxylation is 1. The molecular weight excluding hydrogens is 839 g/mol. The number of dihydropyridines is 1. The van der Waals surface area contributed by atoms with Crippen molar-refractivity contribution in [2.24, 2.45) is 41.2 Å². The van der Waals surface area contributed by atoms with Crippen molar-refractivity contribution < 1.29 is 35.4 Å². The molecule has 10 unspecified atom stereocenters. The van der Waals surface area contributed by atoms with E-state index in [1.54, 1.807) is 6.07 Å². The molecule has 2 saturated carbocycles. The molecule has 10 nitrogen and oxygen atoms in total. The average molecular weight is 920 g/mol. The number of aromatic amines is 1. The van der Waals surface area contributed by atoms with E-state index in [1.165, 1.54) is 30.9 Å². The summed E-state index contributed by atoms with van der Waals surface area (Å²) < 4.78 is 0. The number of fused-ring (bicyclic) bond motifs is 1. The molecule has 366 valence electrons. The van der Waals surface area contributed by atoms with Crippen LogP contribution in [-0.4, -0.2) is 65.9 Å². The summed E-state index contributed by atoms with van der Waals surface area (Å²) in [6.45, 7) is 9.31. The van der Waals surface area contributed by atoms with Crippen LogP contribution in [0, 0.1) is 35.5 Å². The Kier molecular flexibility index (Phi) is 17.1. The first-order valence-corrected chi connectivity index (χ1v) is 25.9. The van der Waals surface area contributed by atoms with Gasteiger partial charge in [-0.25, -0.2) is 0 Å². The number of phenols is 2. The number of benzene rings is 2. The van der Waals surface area contributed by atoms with Crippen LogP contribution in [0.3, 0.4) is 0 Å². The third kappa shape index (κ3) is 12.4. The molecule has 1 aromatic heterocycles. The van der Waals surface area contributed by atoms with Crippen LogP contribution in [0.4, 0.5) is 0 Å². The molecule has 10 heteroatoms. The molecule has 7 rings (SSSR count). The standard InChI is InChI=1S/C57H81N3O7/c1-5-7-8-11-36-16-19-42(51(63)29-36)12-9-10-13-43-20-21-45(48-28-39(26-38-23-25-59-53(58)30-38)34-57(48,67)24-22-50(62)54(43)56(65)66)49-31-40(6-2)55(60-49)47-32-44(61)33-52(64)46(47)27-37-14-17-41(18-15-37)35(3)4/h14-19,23,30-33,35-36,39,42-43,45,48,50-51,54,59-64,67H,5-13,20-22,24-29,34,58H2,1-4H3,(H,65,66). The molecule has 0 spiro atoms. The van der Waals surface area contributed by atoms with Crippen molar-refractivity contribution in [2.45, 2.75) is 173 Å². The molecule has 2 aromatic carbocycles. The van der Waals surface area contributed by atoms with Crippen LogP contribution in [0.5, 0.6) is 11.5 Å². The molecule has 3 aromatic rings. The van der Waals surface area contributed by atoms with Gasteiger partial charge in [-0.1, -0.05) is 102 Å². The summed E-state index contributed by atoms with van der Waals surface area (Å²) in [5, 5.41) is 72.2. The Balaban J connectivity index is 1.19. The van der Waals surface area contributed by atoms with E-state index in [0.717, 1.165) is 78.6 Å². The van der Waals surface area contributed by atoms with Crippen LogP contribution in [0.1, 0.15) is 170 Å². The molecule has 0 bridgehead atoms. The van der Waals surface area contributed by atoms with Gasteiger partial charge in [0.25, 0.3) is 0 Å². The molecule has 0 amide bonds. The number of hydrogen-bond acceptors (Lipinski definition) is 8. The summed E-state index contributed by atoms with van der Waals surface area (Å²) >= 11 is 0. The van der Waals surface area contributed by atoms with Crippen molar-refractivity contribution >= 4 is 5.97 Å². The third-order valence-corrected chi connectivity index (χ3v) is 16.3. The average Bonchev–Trinajstić information content (AvgIpc) is 3.86. The predicted octanol–water partition coefficient (Wildman–Crippen LogP) is 10.9. The molecule has 10 atom stereocenters. The van der Waals surface area contributed by atoms with Crippen molar-refractivity contribution in [2.75, 3.05) is 6.54 Å². The number of phenolic OH excluding ortho intramolecular Hbond substituents is 2. The van der Waals surface area contributed by atoms with Gasteiger partial charge in [-0.3, -0.25) is 4.79 Å². The lowest BCUT2D eigenvalue weighted by molar-refractivity contribution is -0.150. The number of aliphatic hydroxyl groups is 3. The zero-order valence-electron chi connectivity index (χ0n) is 40.7. The van der Waals surface area contributed by atoms with Crippen LogP contribution >= 0.6 is 0 Å². The van der Waals surface area contributed by atoms with Gasteiger partial charge in [-0.2, -0.15) is 0 Å². The number of hydrogen-bond donors (Lipinski definition) is 9. The Morgan fingerprint density at radius 1 is 0.910 bits per heavy atom. The number of rotatable bonds is 18. The van der Waals surface area contributed by atoms with Crippen molar-refractivity contribution in [3.05, 3.63) is 106 Å². The zero-order chi connectivity index (χ0) is 47.8. The highest BCUT2D eigenvalue weighted by Gasteiger charge is 2.51. The Morgan fingerprint density at radius 3 is 2.37 bits per heavy atom. The fourth-order valence-electron chi connectivity index (χ4n) is 12.6. The molecule has 10 N–H and O–H groups in total. The maximum Gasteiger partial charge on any atom is 0.309 e. The minimum Gasteiger partial charge on any atom is -0.508 e. The largest absolute Gasteiger partial charge is 0.508 e. The second kappa shape index (κ2) is 22.7. The molecule has 0 radical (unpaired) electrons.